The first-order valence-corrected chi connectivity index (χ1v) is 6.23. The predicted octanol–water partition coefficient (Wildman–Crippen LogP) is 1.98. The van der Waals surface area contributed by atoms with Crippen molar-refractivity contribution in [2.75, 3.05) is 12.3 Å². The van der Waals surface area contributed by atoms with E-state index < -0.39 is 0 Å². The largest absolute Gasteiger partial charge is 0.384 e. The van der Waals surface area contributed by atoms with E-state index in [1.54, 1.807) is 6.20 Å². The molecule has 1 fully saturated rings. The predicted molar refractivity (Wildman–Crippen MR) is 67.2 cm³/mol. The average molecular weight is 219 g/mol. The highest BCUT2D eigenvalue weighted by atomic mass is 14.9. The first-order valence-electron chi connectivity index (χ1n) is 6.23. The molecule has 0 aliphatic heterocycles. The van der Waals surface area contributed by atoms with E-state index in [9.17, 15) is 0 Å². The highest BCUT2D eigenvalue weighted by Gasteiger charge is 2.30. The molecular weight excluding hydrogens is 198 g/mol. The van der Waals surface area contributed by atoms with Gasteiger partial charge in [-0.2, -0.15) is 0 Å². The van der Waals surface area contributed by atoms with Gasteiger partial charge in [0, 0.05) is 12.2 Å². The van der Waals surface area contributed by atoms with Crippen molar-refractivity contribution in [2.24, 2.45) is 5.92 Å². The van der Waals surface area contributed by atoms with Crippen molar-refractivity contribution in [3.8, 4) is 0 Å². The van der Waals surface area contributed by atoms with Crippen LogP contribution < -0.4 is 11.1 Å². The smallest absolute Gasteiger partial charge is 0.123 e. The first kappa shape index (κ1) is 11.4. The number of nitrogens with two attached hydrogens (primary N) is 1. The second-order valence-corrected chi connectivity index (χ2v) is 4.69. The van der Waals surface area contributed by atoms with Crippen molar-refractivity contribution in [2.45, 2.75) is 38.6 Å². The minimum absolute atomic E-state index is 0.627. The van der Waals surface area contributed by atoms with Crippen LogP contribution in [-0.2, 0) is 6.42 Å². The minimum Gasteiger partial charge on any atom is -0.384 e. The molecule has 1 aliphatic carbocycles. The molecule has 3 nitrogen and oxygen atoms in total. The van der Waals surface area contributed by atoms with E-state index >= 15 is 0 Å². The third kappa shape index (κ3) is 3.20. The van der Waals surface area contributed by atoms with E-state index in [0.29, 0.717) is 11.9 Å². The molecule has 1 unspecified atom stereocenters. The van der Waals surface area contributed by atoms with Crippen LogP contribution in [0.2, 0.25) is 0 Å². The fourth-order valence-corrected chi connectivity index (χ4v) is 2.11. The van der Waals surface area contributed by atoms with Crippen LogP contribution in [0.1, 0.15) is 31.7 Å². The Morgan fingerprint density at radius 3 is 3.00 bits per heavy atom. The molecule has 1 aliphatic rings. The maximum absolute atomic E-state index is 5.69. The fourth-order valence-electron chi connectivity index (χ4n) is 2.11. The number of nitrogens with zero attached hydrogens (tertiary/aromatic N) is 1. The number of pyridine rings is 1. The standard InChI is InChI=1S/C13H21N3/c1-2-6-15-12(11-3-4-11)8-10-5-7-16-13(14)9-10/h5,7,9,11-12,15H,2-4,6,8H2,1H3,(H2,14,16). The third-order valence-corrected chi connectivity index (χ3v) is 3.15. The molecule has 1 heterocycles. The van der Waals surface area contributed by atoms with Crippen LogP contribution >= 0.6 is 0 Å². The topological polar surface area (TPSA) is 50.9 Å². The summed E-state index contributed by atoms with van der Waals surface area (Å²) in [7, 11) is 0. The number of hydrogen-bond acceptors (Lipinski definition) is 3. The summed E-state index contributed by atoms with van der Waals surface area (Å²) in [6.07, 6.45) is 6.83. The Labute approximate surface area is 97.5 Å². The quantitative estimate of drug-likeness (QED) is 0.769. The average Bonchev–Trinajstić information content (AvgIpc) is 3.08. The van der Waals surface area contributed by atoms with Crippen molar-refractivity contribution < 1.29 is 0 Å². The molecule has 0 spiro atoms. The second kappa shape index (κ2) is 5.30. The van der Waals surface area contributed by atoms with Gasteiger partial charge in [0.2, 0.25) is 0 Å². The normalized spacial score (nSPS) is 17.3. The molecule has 16 heavy (non-hydrogen) atoms. The maximum atomic E-state index is 5.69. The summed E-state index contributed by atoms with van der Waals surface area (Å²) in [6.45, 7) is 3.32. The number of aromatic nitrogens is 1. The number of nitrogen functional groups attached to an aromatic ring is 1. The molecule has 1 aromatic heterocycles. The Balaban J connectivity index is 1.94. The van der Waals surface area contributed by atoms with Crippen LogP contribution in [0.5, 0.6) is 0 Å². The van der Waals surface area contributed by atoms with Crippen molar-refractivity contribution in [3.63, 3.8) is 0 Å². The van der Waals surface area contributed by atoms with Crippen molar-refractivity contribution in [3.05, 3.63) is 23.9 Å². The number of rotatable bonds is 6. The summed E-state index contributed by atoms with van der Waals surface area (Å²) in [5, 5.41) is 3.64. The van der Waals surface area contributed by atoms with E-state index in [0.717, 1.165) is 18.9 Å². The molecule has 2 rings (SSSR count). The van der Waals surface area contributed by atoms with E-state index in [2.05, 4.69) is 23.3 Å². The summed E-state index contributed by atoms with van der Waals surface area (Å²) >= 11 is 0. The van der Waals surface area contributed by atoms with E-state index in [1.807, 2.05) is 6.07 Å². The lowest BCUT2D eigenvalue weighted by Crippen LogP contribution is -2.33. The van der Waals surface area contributed by atoms with Gasteiger partial charge in [-0.25, -0.2) is 4.98 Å². The zero-order chi connectivity index (χ0) is 11.4. The molecule has 0 saturated heterocycles. The molecule has 3 heteroatoms. The van der Waals surface area contributed by atoms with Crippen LogP contribution in [0.25, 0.3) is 0 Å². The van der Waals surface area contributed by atoms with Gasteiger partial charge in [0.1, 0.15) is 5.82 Å². The van der Waals surface area contributed by atoms with Gasteiger partial charge in [-0.1, -0.05) is 6.92 Å². The zero-order valence-electron chi connectivity index (χ0n) is 9.95. The number of hydrogen-bond donors (Lipinski definition) is 2. The van der Waals surface area contributed by atoms with Gasteiger partial charge in [0.25, 0.3) is 0 Å². The Morgan fingerprint density at radius 2 is 2.38 bits per heavy atom. The highest BCUT2D eigenvalue weighted by Crippen LogP contribution is 2.34. The lowest BCUT2D eigenvalue weighted by atomic mass is 10.0. The van der Waals surface area contributed by atoms with Gasteiger partial charge in [-0.3, -0.25) is 0 Å². The Hall–Kier alpha value is -1.09. The Kier molecular flexibility index (Phi) is 3.78. The van der Waals surface area contributed by atoms with Crippen molar-refractivity contribution in [1.29, 1.82) is 0 Å². The van der Waals surface area contributed by atoms with Crippen LogP contribution in [0.4, 0.5) is 5.82 Å². The number of nitrogens with one attached hydrogen (secondary N) is 1. The zero-order valence-corrected chi connectivity index (χ0v) is 9.95. The van der Waals surface area contributed by atoms with Gasteiger partial charge >= 0.3 is 0 Å². The van der Waals surface area contributed by atoms with Gasteiger partial charge < -0.3 is 11.1 Å². The molecule has 0 aromatic carbocycles. The van der Waals surface area contributed by atoms with Crippen LogP contribution in [0.3, 0.4) is 0 Å². The molecule has 0 radical (unpaired) electrons. The Bertz CT molecular complexity index is 334. The summed E-state index contributed by atoms with van der Waals surface area (Å²) in [5.74, 6) is 1.50. The Morgan fingerprint density at radius 1 is 1.56 bits per heavy atom. The first-order chi connectivity index (χ1) is 7.79. The van der Waals surface area contributed by atoms with E-state index in [1.165, 1.54) is 24.8 Å². The van der Waals surface area contributed by atoms with E-state index in [4.69, 9.17) is 5.73 Å². The molecule has 1 saturated carbocycles. The summed E-state index contributed by atoms with van der Waals surface area (Å²) < 4.78 is 0. The lowest BCUT2D eigenvalue weighted by molar-refractivity contribution is 0.460. The SMILES string of the molecule is CCCNC(Cc1ccnc(N)c1)C1CC1. The second-order valence-electron chi connectivity index (χ2n) is 4.69. The molecule has 1 aromatic rings. The lowest BCUT2D eigenvalue weighted by Gasteiger charge is -2.18. The fraction of sp³-hybridized carbons (Fsp3) is 0.615. The van der Waals surface area contributed by atoms with E-state index in [-0.39, 0.29) is 0 Å². The van der Waals surface area contributed by atoms with Crippen LogP contribution in [0.15, 0.2) is 18.3 Å². The summed E-state index contributed by atoms with van der Waals surface area (Å²) in [4.78, 5) is 4.03. The summed E-state index contributed by atoms with van der Waals surface area (Å²) in [6, 6.07) is 4.68. The number of anilines is 1. The molecule has 0 bridgehead atoms. The molecule has 88 valence electrons. The van der Waals surface area contributed by atoms with Crippen molar-refractivity contribution in [1.82, 2.24) is 10.3 Å². The molecular formula is C13H21N3. The van der Waals surface area contributed by atoms with Gasteiger partial charge in [-0.05, 0) is 55.8 Å². The van der Waals surface area contributed by atoms with Gasteiger partial charge in [0.15, 0.2) is 0 Å². The molecule has 1 atom stereocenters. The minimum atomic E-state index is 0.627. The van der Waals surface area contributed by atoms with Gasteiger partial charge in [-0.15, -0.1) is 0 Å². The highest BCUT2D eigenvalue weighted by molar-refractivity contribution is 5.32. The van der Waals surface area contributed by atoms with Crippen LogP contribution in [0, 0.1) is 5.92 Å². The maximum Gasteiger partial charge on any atom is 0.123 e. The van der Waals surface area contributed by atoms with Gasteiger partial charge in [0.05, 0.1) is 0 Å². The summed E-state index contributed by atoms with van der Waals surface area (Å²) in [5.41, 5.74) is 6.99. The van der Waals surface area contributed by atoms with Crippen molar-refractivity contribution >= 4 is 5.82 Å². The van der Waals surface area contributed by atoms with Crippen LogP contribution in [-0.4, -0.2) is 17.6 Å². The third-order valence-electron chi connectivity index (χ3n) is 3.15. The molecule has 0 amide bonds. The monoisotopic (exact) mass is 219 g/mol. The molecule has 3 N–H and O–H groups in total.